The molecule has 0 radical (unpaired) electrons. The van der Waals surface area contributed by atoms with E-state index in [4.69, 9.17) is 19.3 Å². The van der Waals surface area contributed by atoms with E-state index in [2.05, 4.69) is 31.4 Å². The highest BCUT2D eigenvalue weighted by atomic mass is 16.5. The summed E-state index contributed by atoms with van der Waals surface area (Å²) in [4.78, 5) is 46.6. The standard InChI is InChI=1S/C29H54N2O5.C14H28O.C5H12O2.C2H6/c1-4-6-8-9-10-11-12-13-14-15-16-17-29(34)36-26-22-24(21-25(23-26)35-3)31-28(33)19-18-27(32)30-20-7-5-2;1-2-3-4-5-6-7-8-9-10-11-12-13-14-15;1-5(2,4-6)7-3;1-2/h24-26H,4-23H2,1-3H3,(H,30,32)(H,31,33);14H,2-13H2,1H3;6H,4H2,1-3H3;1-2H3. The van der Waals surface area contributed by atoms with Gasteiger partial charge in [-0.25, -0.2) is 0 Å². The molecule has 358 valence electrons. The fraction of sp³-hybridized carbons (Fsp3) is 0.920. The predicted octanol–water partition coefficient (Wildman–Crippen LogP) is 12.3. The smallest absolute Gasteiger partial charge is 0.306 e. The summed E-state index contributed by atoms with van der Waals surface area (Å²) in [6.45, 7) is 15.0. The second kappa shape index (κ2) is 48.0. The zero-order valence-electron chi connectivity index (χ0n) is 40.9. The van der Waals surface area contributed by atoms with Crippen LogP contribution in [0.1, 0.15) is 248 Å². The van der Waals surface area contributed by atoms with Crippen molar-refractivity contribution in [3.8, 4) is 0 Å². The van der Waals surface area contributed by atoms with Gasteiger partial charge in [0.2, 0.25) is 11.8 Å². The molecule has 10 nitrogen and oxygen atoms in total. The monoisotopic (exact) mass is 857 g/mol. The Morgan fingerprint density at radius 2 is 1.03 bits per heavy atom. The predicted molar refractivity (Wildman–Crippen MR) is 251 cm³/mol. The molecule has 0 spiro atoms. The van der Waals surface area contributed by atoms with Crippen LogP contribution < -0.4 is 10.6 Å². The number of esters is 1. The average Bonchev–Trinajstić information content (AvgIpc) is 3.25. The third-order valence-electron chi connectivity index (χ3n) is 10.9. The van der Waals surface area contributed by atoms with Gasteiger partial charge in [0.05, 0.1) is 18.3 Å². The molecular weight excluding hydrogens is 757 g/mol. The zero-order valence-corrected chi connectivity index (χ0v) is 40.9. The van der Waals surface area contributed by atoms with Crippen LogP contribution in [0.15, 0.2) is 0 Å². The molecular formula is C50H100N2O8. The summed E-state index contributed by atoms with van der Waals surface area (Å²) in [6.07, 6.45) is 34.8. The Kier molecular flexibility index (Phi) is 49.8. The topological polar surface area (TPSA) is 140 Å². The van der Waals surface area contributed by atoms with Gasteiger partial charge in [0.15, 0.2) is 0 Å². The van der Waals surface area contributed by atoms with Gasteiger partial charge < -0.3 is 34.7 Å². The molecule has 1 saturated carbocycles. The van der Waals surface area contributed by atoms with Gasteiger partial charge in [-0.3, -0.25) is 14.4 Å². The second-order valence-electron chi connectivity index (χ2n) is 17.0. The van der Waals surface area contributed by atoms with Gasteiger partial charge in [-0.1, -0.05) is 169 Å². The molecule has 0 aromatic carbocycles. The molecule has 1 rings (SSSR count). The fourth-order valence-electron chi connectivity index (χ4n) is 6.78. The number of ether oxygens (including phenoxy) is 3. The van der Waals surface area contributed by atoms with E-state index < -0.39 is 0 Å². The van der Waals surface area contributed by atoms with Crippen molar-refractivity contribution in [2.75, 3.05) is 27.4 Å². The van der Waals surface area contributed by atoms with E-state index in [-0.39, 0.29) is 61.1 Å². The van der Waals surface area contributed by atoms with Crippen LogP contribution in [-0.4, -0.2) is 80.4 Å². The summed E-state index contributed by atoms with van der Waals surface area (Å²) >= 11 is 0. The first-order valence-electron chi connectivity index (χ1n) is 24.9. The van der Waals surface area contributed by atoms with Gasteiger partial charge in [0, 0.05) is 65.3 Å². The largest absolute Gasteiger partial charge is 0.462 e. The van der Waals surface area contributed by atoms with Crippen molar-refractivity contribution in [1.29, 1.82) is 0 Å². The molecule has 60 heavy (non-hydrogen) atoms. The first-order valence-corrected chi connectivity index (χ1v) is 24.9. The number of aliphatic hydroxyl groups excluding tert-OH is 1. The molecule has 0 aromatic heterocycles. The van der Waals surface area contributed by atoms with E-state index in [1.54, 1.807) is 14.2 Å². The third-order valence-corrected chi connectivity index (χ3v) is 10.9. The molecule has 0 aromatic rings. The number of aliphatic hydroxyl groups is 1. The number of rotatable bonds is 35. The van der Waals surface area contributed by atoms with Crippen LogP contribution in [0.3, 0.4) is 0 Å². The van der Waals surface area contributed by atoms with Crippen LogP contribution in [0.5, 0.6) is 0 Å². The molecule has 1 aliphatic carbocycles. The molecule has 0 bridgehead atoms. The highest BCUT2D eigenvalue weighted by molar-refractivity contribution is 5.83. The summed E-state index contributed by atoms with van der Waals surface area (Å²) in [5.41, 5.74) is -0.361. The Labute approximate surface area is 371 Å². The molecule has 3 unspecified atom stereocenters. The van der Waals surface area contributed by atoms with E-state index >= 15 is 0 Å². The Morgan fingerprint density at radius 3 is 1.45 bits per heavy atom. The zero-order chi connectivity index (χ0) is 45.5. The number of carbonyl (C=O) groups excluding carboxylic acids is 4. The van der Waals surface area contributed by atoms with Gasteiger partial charge in [0.25, 0.3) is 0 Å². The fourth-order valence-corrected chi connectivity index (χ4v) is 6.78. The highest BCUT2D eigenvalue weighted by Crippen LogP contribution is 2.25. The molecule has 3 atom stereocenters. The molecule has 1 fully saturated rings. The van der Waals surface area contributed by atoms with Crippen LogP contribution in [0, 0.1) is 0 Å². The molecule has 3 N–H and O–H groups in total. The number of hydrogen-bond acceptors (Lipinski definition) is 8. The minimum Gasteiger partial charge on any atom is -0.462 e. The van der Waals surface area contributed by atoms with Gasteiger partial charge in [-0.15, -0.1) is 0 Å². The SMILES string of the molecule is CC.CCCCCCCCCCCCCC(=O)OC1CC(NC(=O)CCC(=O)NCCCC)CC(OC)C1.CCCCCCCCCCCCCC=O.COC(C)(C)CO. The lowest BCUT2D eigenvalue weighted by Gasteiger charge is -2.34. The van der Waals surface area contributed by atoms with E-state index in [0.29, 0.717) is 32.2 Å². The Morgan fingerprint density at radius 1 is 0.600 bits per heavy atom. The molecule has 0 saturated heterocycles. The first-order chi connectivity index (χ1) is 29.0. The normalized spacial score (nSPS) is 15.9. The third kappa shape index (κ3) is 45.5. The van der Waals surface area contributed by atoms with Crippen molar-refractivity contribution in [3.05, 3.63) is 0 Å². The lowest BCUT2D eigenvalue weighted by atomic mass is 9.90. The van der Waals surface area contributed by atoms with Crippen molar-refractivity contribution < 1.29 is 38.5 Å². The van der Waals surface area contributed by atoms with Crippen LogP contribution in [-0.2, 0) is 33.4 Å². The Bertz CT molecular complexity index is 941. The van der Waals surface area contributed by atoms with Crippen molar-refractivity contribution in [2.24, 2.45) is 0 Å². The van der Waals surface area contributed by atoms with Gasteiger partial charge in [-0.2, -0.15) is 0 Å². The van der Waals surface area contributed by atoms with Crippen LogP contribution in [0.4, 0.5) is 0 Å². The van der Waals surface area contributed by atoms with E-state index in [9.17, 15) is 19.2 Å². The maximum absolute atomic E-state index is 12.4. The summed E-state index contributed by atoms with van der Waals surface area (Å²) in [5.74, 6) is -0.388. The van der Waals surface area contributed by atoms with Gasteiger partial charge >= 0.3 is 5.97 Å². The summed E-state index contributed by atoms with van der Waals surface area (Å²) in [6, 6.07) is -0.112. The van der Waals surface area contributed by atoms with E-state index in [1.165, 1.54) is 122 Å². The summed E-state index contributed by atoms with van der Waals surface area (Å²) in [5, 5.41) is 14.3. The average molecular weight is 857 g/mol. The number of nitrogens with one attached hydrogen (secondary N) is 2. The molecule has 0 aliphatic heterocycles. The number of hydrogen-bond donors (Lipinski definition) is 3. The van der Waals surface area contributed by atoms with Crippen molar-refractivity contribution in [1.82, 2.24) is 10.6 Å². The van der Waals surface area contributed by atoms with Crippen molar-refractivity contribution in [3.63, 3.8) is 0 Å². The van der Waals surface area contributed by atoms with Gasteiger partial charge in [0.1, 0.15) is 12.4 Å². The summed E-state index contributed by atoms with van der Waals surface area (Å²) in [7, 11) is 3.23. The van der Waals surface area contributed by atoms with Crippen LogP contribution in [0.25, 0.3) is 0 Å². The van der Waals surface area contributed by atoms with E-state index in [0.717, 1.165) is 44.8 Å². The molecule has 10 heteroatoms. The Balaban J connectivity index is -0.00000111. The first kappa shape index (κ1) is 62.3. The lowest BCUT2D eigenvalue weighted by molar-refractivity contribution is -0.153. The van der Waals surface area contributed by atoms with Crippen LogP contribution >= 0.6 is 0 Å². The molecule has 0 heterocycles. The number of methoxy groups -OCH3 is 2. The van der Waals surface area contributed by atoms with E-state index in [1.807, 2.05) is 27.7 Å². The maximum Gasteiger partial charge on any atom is 0.306 e. The van der Waals surface area contributed by atoms with Crippen molar-refractivity contribution >= 4 is 24.1 Å². The van der Waals surface area contributed by atoms with Crippen molar-refractivity contribution in [2.45, 2.75) is 271 Å². The number of amides is 2. The molecule has 1 aliphatic rings. The minimum absolute atomic E-state index is 0.0545. The highest BCUT2D eigenvalue weighted by Gasteiger charge is 2.32. The number of unbranched alkanes of at least 4 members (excludes halogenated alkanes) is 22. The summed E-state index contributed by atoms with van der Waals surface area (Å²) < 4.78 is 16.1. The van der Waals surface area contributed by atoms with Crippen LogP contribution in [0.2, 0.25) is 0 Å². The Hall–Kier alpha value is -2.04. The second-order valence-corrected chi connectivity index (χ2v) is 17.0. The maximum atomic E-state index is 12.4. The minimum atomic E-state index is -0.361. The number of carbonyl (C=O) groups is 4. The number of aldehydes is 1. The van der Waals surface area contributed by atoms with Gasteiger partial charge in [-0.05, 0) is 39.5 Å². The molecule has 2 amide bonds. The lowest BCUT2D eigenvalue weighted by Crippen LogP contribution is -2.45. The quantitative estimate of drug-likeness (QED) is 0.0325.